The van der Waals surface area contributed by atoms with Crippen molar-refractivity contribution in [1.29, 1.82) is 0 Å². The summed E-state index contributed by atoms with van der Waals surface area (Å²) in [6, 6.07) is -1.54. The lowest BCUT2D eigenvalue weighted by atomic mass is 9.66. The zero-order chi connectivity index (χ0) is 26.2. The molecule has 2 unspecified atom stereocenters. The first kappa shape index (κ1) is 27.4. The van der Waals surface area contributed by atoms with Gasteiger partial charge in [-0.25, -0.2) is 0 Å². The van der Waals surface area contributed by atoms with E-state index in [9.17, 15) is 19.5 Å². The maximum absolute atomic E-state index is 14.1. The number of ether oxygens (including phenoxy) is 2. The Morgan fingerprint density at radius 2 is 1.97 bits per heavy atom. The second-order valence-corrected chi connectivity index (χ2v) is 11.4. The molecule has 8 nitrogen and oxygen atoms in total. The van der Waals surface area contributed by atoms with Crippen molar-refractivity contribution in [2.75, 3.05) is 19.8 Å². The fourth-order valence-corrected chi connectivity index (χ4v) is 6.19. The molecule has 8 heteroatoms. The standard InChI is InChI=1S/C27H42N2O6/c1-8-10-11-12-16-34-24(33)20-19-22(31)29(18(3)17-30)21(27(19)14-13-26(20,7)35-27)23(32)28(15-9-2)25(4,5)6/h8-9,18-21,30H,1-2,10-17H2,3-7H3/t18-,19+,20+,21?,26-,27?/m1/s1. The number of hydrogen-bond acceptors (Lipinski definition) is 6. The van der Waals surface area contributed by atoms with Gasteiger partial charge < -0.3 is 24.4 Å². The monoisotopic (exact) mass is 490 g/mol. The van der Waals surface area contributed by atoms with Crippen LogP contribution in [0.4, 0.5) is 0 Å². The molecule has 0 aromatic rings. The smallest absolute Gasteiger partial charge is 0.312 e. The molecule has 0 aromatic carbocycles. The Morgan fingerprint density at radius 1 is 1.29 bits per heavy atom. The third-order valence-corrected chi connectivity index (χ3v) is 7.88. The number of carbonyl (C=O) groups excluding carboxylic acids is 3. The molecule has 2 bridgehead atoms. The second kappa shape index (κ2) is 10.1. The van der Waals surface area contributed by atoms with Crippen LogP contribution in [-0.2, 0) is 23.9 Å². The molecule has 196 valence electrons. The van der Waals surface area contributed by atoms with Crippen molar-refractivity contribution in [3.63, 3.8) is 0 Å². The van der Waals surface area contributed by atoms with Crippen molar-refractivity contribution in [3.8, 4) is 0 Å². The van der Waals surface area contributed by atoms with Gasteiger partial charge in [-0.15, -0.1) is 13.2 Å². The van der Waals surface area contributed by atoms with Gasteiger partial charge in [-0.3, -0.25) is 14.4 Å². The van der Waals surface area contributed by atoms with E-state index in [4.69, 9.17) is 9.47 Å². The summed E-state index contributed by atoms with van der Waals surface area (Å²) in [5.74, 6) is -2.65. The molecule has 6 atom stereocenters. The molecule has 1 spiro atoms. The lowest BCUT2D eigenvalue weighted by Gasteiger charge is -2.43. The summed E-state index contributed by atoms with van der Waals surface area (Å²) in [6.07, 6.45) is 6.95. The van der Waals surface area contributed by atoms with E-state index in [2.05, 4.69) is 13.2 Å². The highest BCUT2D eigenvalue weighted by molar-refractivity contribution is 5.99. The van der Waals surface area contributed by atoms with Crippen LogP contribution in [-0.4, -0.2) is 81.3 Å². The van der Waals surface area contributed by atoms with Crippen LogP contribution in [0, 0.1) is 11.8 Å². The van der Waals surface area contributed by atoms with Crippen LogP contribution in [0.2, 0.25) is 0 Å². The molecule has 0 aliphatic carbocycles. The predicted octanol–water partition coefficient (Wildman–Crippen LogP) is 2.84. The lowest BCUT2D eigenvalue weighted by Crippen LogP contribution is -2.61. The van der Waals surface area contributed by atoms with Gasteiger partial charge in [0.05, 0.1) is 30.8 Å². The molecule has 3 aliphatic heterocycles. The van der Waals surface area contributed by atoms with E-state index >= 15 is 0 Å². The molecule has 35 heavy (non-hydrogen) atoms. The van der Waals surface area contributed by atoms with Crippen molar-refractivity contribution in [2.45, 2.75) is 95.5 Å². The van der Waals surface area contributed by atoms with E-state index in [-0.39, 0.29) is 25.0 Å². The summed E-state index contributed by atoms with van der Waals surface area (Å²) >= 11 is 0. The summed E-state index contributed by atoms with van der Waals surface area (Å²) in [7, 11) is 0. The maximum atomic E-state index is 14.1. The van der Waals surface area contributed by atoms with Crippen molar-refractivity contribution in [1.82, 2.24) is 9.80 Å². The normalized spacial score (nSPS) is 32.3. The van der Waals surface area contributed by atoms with Gasteiger partial charge in [-0.1, -0.05) is 12.2 Å². The summed E-state index contributed by atoms with van der Waals surface area (Å²) in [4.78, 5) is 44.5. The SMILES string of the molecule is C=CCCCCOC(=O)[C@@H]1[C@H]2C(=O)N([C@H](C)CO)C(C(=O)N(CC=C)C(C)(C)C)C23CC[C@@]1(C)O3. The van der Waals surface area contributed by atoms with E-state index in [1.165, 1.54) is 4.90 Å². The molecule has 0 radical (unpaired) electrons. The quantitative estimate of drug-likeness (QED) is 0.272. The van der Waals surface area contributed by atoms with Crippen molar-refractivity contribution in [2.24, 2.45) is 11.8 Å². The number of fused-ring (bicyclic) bond motifs is 1. The first-order chi connectivity index (χ1) is 16.4. The Hall–Kier alpha value is -2.19. The van der Waals surface area contributed by atoms with Gasteiger partial charge in [0, 0.05) is 12.1 Å². The number of aliphatic hydroxyl groups is 1. The fraction of sp³-hybridized carbons (Fsp3) is 0.741. The molecule has 3 rings (SSSR count). The molecule has 3 saturated heterocycles. The third-order valence-electron chi connectivity index (χ3n) is 7.88. The van der Waals surface area contributed by atoms with Gasteiger partial charge in [-0.05, 0) is 66.7 Å². The number of esters is 1. The highest BCUT2D eigenvalue weighted by Crippen LogP contribution is 2.63. The Morgan fingerprint density at radius 3 is 2.54 bits per heavy atom. The molecule has 0 aromatic heterocycles. The van der Waals surface area contributed by atoms with E-state index in [1.54, 1.807) is 17.9 Å². The number of amides is 2. The number of rotatable bonds is 11. The first-order valence-electron chi connectivity index (χ1n) is 12.7. The van der Waals surface area contributed by atoms with Gasteiger partial charge in [-0.2, -0.15) is 0 Å². The average Bonchev–Trinajstić information content (AvgIpc) is 3.36. The Labute approximate surface area is 209 Å². The van der Waals surface area contributed by atoms with Crippen LogP contribution >= 0.6 is 0 Å². The third kappa shape index (κ3) is 4.55. The van der Waals surface area contributed by atoms with Crippen LogP contribution < -0.4 is 0 Å². The lowest BCUT2D eigenvalue weighted by molar-refractivity contribution is -0.162. The van der Waals surface area contributed by atoms with Gasteiger partial charge in [0.1, 0.15) is 17.6 Å². The van der Waals surface area contributed by atoms with Crippen LogP contribution in [0.3, 0.4) is 0 Å². The summed E-state index contributed by atoms with van der Waals surface area (Å²) in [5, 5.41) is 9.98. The number of aliphatic hydroxyl groups excluding tert-OH is 1. The molecule has 2 amide bonds. The van der Waals surface area contributed by atoms with E-state index < -0.39 is 46.6 Å². The minimum absolute atomic E-state index is 0.253. The number of carbonyl (C=O) groups is 3. The number of likely N-dealkylation sites (tertiary alicyclic amines) is 1. The minimum atomic E-state index is -1.14. The van der Waals surface area contributed by atoms with Crippen LogP contribution in [0.1, 0.15) is 66.7 Å². The Bertz CT molecular complexity index is 866. The van der Waals surface area contributed by atoms with Crippen LogP contribution in [0.15, 0.2) is 25.3 Å². The largest absolute Gasteiger partial charge is 0.465 e. The Balaban J connectivity index is 1.99. The van der Waals surface area contributed by atoms with Gasteiger partial charge in [0.25, 0.3) is 0 Å². The van der Waals surface area contributed by atoms with Crippen molar-refractivity contribution >= 4 is 17.8 Å². The minimum Gasteiger partial charge on any atom is -0.465 e. The van der Waals surface area contributed by atoms with Gasteiger partial charge >= 0.3 is 5.97 Å². The average molecular weight is 491 g/mol. The van der Waals surface area contributed by atoms with Crippen molar-refractivity contribution in [3.05, 3.63) is 25.3 Å². The molecule has 0 saturated carbocycles. The second-order valence-electron chi connectivity index (χ2n) is 11.4. The Kier molecular flexibility index (Phi) is 7.87. The summed E-state index contributed by atoms with van der Waals surface area (Å²) < 4.78 is 12.2. The van der Waals surface area contributed by atoms with E-state index in [0.29, 0.717) is 25.8 Å². The zero-order valence-corrected chi connectivity index (χ0v) is 21.9. The molecule has 3 heterocycles. The zero-order valence-electron chi connectivity index (χ0n) is 21.9. The molecular weight excluding hydrogens is 448 g/mol. The van der Waals surface area contributed by atoms with Crippen molar-refractivity contribution < 1.29 is 29.0 Å². The summed E-state index contributed by atoms with van der Waals surface area (Å²) in [5.41, 5.74) is -2.54. The molecule has 3 fully saturated rings. The number of allylic oxidation sites excluding steroid dienone is 1. The van der Waals surface area contributed by atoms with Gasteiger partial charge in [0.15, 0.2) is 0 Å². The van der Waals surface area contributed by atoms with E-state index in [0.717, 1.165) is 12.8 Å². The van der Waals surface area contributed by atoms with Crippen LogP contribution in [0.5, 0.6) is 0 Å². The summed E-state index contributed by atoms with van der Waals surface area (Å²) in [6.45, 7) is 17.1. The highest BCUT2D eigenvalue weighted by atomic mass is 16.6. The maximum Gasteiger partial charge on any atom is 0.312 e. The molecular formula is C27H42N2O6. The number of nitrogens with zero attached hydrogens (tertiary/aromatic N) is 2. The van der Waals surface area contributed by atoms with Crippen LogP contribution in [0.25, 0.3) is 0 Å². The number of hydrogen-bond donors (Lipinski definition) is 1. The highest BCUT2D eigenvalue weighted by Gasteiger charge is 2.79. The fourth-order valence-electron chi connectivity index (χ4n) is 6.19. The topological polar surface area (TPSA) is 96.4 Å². The number of unbranched alkanes of at least 4 members (excludes halogenated alkanes) is 2. The predicted molar refractivity (Wildman–Crippen MR) is 132 cm³/mol. The van der Waals surface area contributed by atoms with E-state index in [1.807, 2.05) is 33.8 Å². The molecule has 1 N–H and O–H groups in total. The molecule has 3 aliphatic rings. The first-order valence-corrected chi connectivity index (χ1v) is 12.7. The van der Waals surface area contributed by atoms with Gasteiger partial charge in [0.2, 0.25) is 11.8 Å².